The fourth-order valence-electron chi connectivity index (χ4n) is 1.64. The van der Waals surface area contributed by atoms with Crippen LogP contribution in [0.25, 0.3) is 0 Å². The summed E-state index contributed by atoms with van der Waals surface area (Å²) in [5.74, 6) is -0.251. The predicted molar refractivity (Wildman–Crippen MR) is 80.8 cm³/mol. The van der Waals surface area contributed by atoms with Gasteiger partial charge in [0.25, 0.3) is 5.91 Å². The number of aromatic nitrogens is 2. The molecule has 3 N–H and O–H groups in total. The Hall–Kier alpha value is -1.36. The average molecular weight is 346 g/mol. The molecule has 2 aromatic rings. The van der Waals surface area contributed by atoms with Crippen molar-refractivity contribution in [1.29, 1.82) is 0 Å². The molecular formula is C11H14N4O3S3. The molecule has 0 bridgehead atoms. The van der Waals surface area contributed by atoms with Crippen molar-refractivity contribution in [3.05, 3.63) is 27.6 Å². The molecule has 10 heteroatoms. The Morgan fingerprint density at radius 1 is 1.43 bits per heavy atom. The van der Waals surface area contributed by atoms with Crippen molar-refractivity contribution in [2.45, 2.75) is 30.5 Å². The van der Waals surface area contributed by atoms with E-state index in [2.05, 4.69) is 14.9 Å². The van der Waals surface area contributed by atoms with Crippen LogP contribution >= 0.6 is 22.9 Å². The normalized spacial score (nSPS) is 11.5. The third-order valence-electron chi connectivity index (χ3n) is 2.59. The van der Waals surface area contributed by atoms with Crippen molar-refractivity contribution in [2.75, 3.05) is 0 Å². The molecule has 0 atom stereocenters. The maximum atomic E-state index is 12.1. The smallest absolute Gasteiger partial charge is 0.265 e. The quantitative estimate of drug-likeness (QED) is 0.813. The van der Waals surface area contributed by atoms with Crippen LogP contribution in [-0.2, 0) is 23.0 Å². The monoisotopic (exact) mass is 346 g/mol. The highest BCUT2D eigenvalue weighted by Gasteiger charge is 2.16. The number of nitrogens with two attached hydrogens (primary N) is 1. The van der Waals surface area contributed by atoms with Gasteiger partial charge in [-0.25, -0.2) is 13.6 Å². The van der Waals surface area contributed by atoms with Gasteiger partial charge in [-0.3, -0.25) is 4.79 Å². The Balaban J connectivity index is 2.01. The minimum atomic E-state index is -3.69. The van der Waals surface area contributed by atoms with E-state index in [4.69, 9.17) is 5.14 Å². The summed E-state index contributed by atoms with van der Waals surface area (Å²) in [4.78, 5) is 13.3. The van der Waals surface area contributed by atoms with Gasteiger partial charge in [-0.1, -0.05) is 17.8 Å². The van der Waals surface area contributed by atoms with Crippen molar-refractivity contribution in [1.82, 2.24) is 14.9 Å². The second-order valence-electron chi connectivity index (χ2n) is 4.25. The molecule has 7 nitrogen and oxygen atoms in total. The largest absolute Gasteiger partial charge is 0.346 e. The Labute approximate surface area is 130 Å². The van der Waals surface area contributed by atoms with Gasteiger partial charge in [-0.05, 0) is 30.1 Å². The van der Waals surface area contributed by atoms with Crippen LogP contribution < -0.4 is 10.5 Å². The number of rotatable bonds is 6. The number of sulfonamides is 1. The fraction of sp³-hybridized carbons (Fsp3) is 0.364. The Kier molecular flexibility index (Phi) is 5.04. The molecule has 0 fully saturated rings. The number of nitrogens with zero attached hydrogens (tertiary/aromatic N) is 2. The van der Waals surface area contributed by atoms with Gasteiger partial charge < -0.3 is 5.32 Å². The van der Waals surface area contributed by atoms with Crippen LogP contribution in [0.15, 0.2) is 16.3 Å². The molecule has 114 valence electrons. The molecule has 2 rings (SSSR count). The van der Waals surface area contributed by atoms with Crippen LogP contribution in [0.2, 0.25) is 0 Å². The molecule has 0 unspecified atom stereocenters. The zero-order valence-corrected chi connectivity index (χ0v) is 13.6. The van der Waals surface area contributed by atoms with Gasteiger partial charge in [0, 0.05) is 4.88 Å². The van der Waals surface area contributed by atoms with E-state index in [0.29, 0.717) is 21.9 Å². The van der Waals surface area contributed by atoms with E-state index < -0.39 is 10.0 Å². The molecule has 0 aromatic carbocycles. The lowest BCUT2D eigenvalue weighted by Gasteiger charge is -2.02. The lowest BCUT2D eigenvalue weighted by Crippen LogP contribution is -2.22. The van der Waals surface area contributed by atoms with E-state index in [1.165, 1.54) is 6.07 Å². The maximum absolute atomic E-state index is 12.1. The summed E-state index contributed by atoms with van der Waals surface area (Å²) in [7, 11) is -3.69. The first kappa shape index (κ1) is 16.0. The van der Waals surface area contributed by atoms with Crippen LogP contribution in [0.4, 0.5) is 0 Å². The SMILES string of the molecule is CCCc1nnsc1C(=O)NCc1ccc(S(N)(=O)=O)s1. The van der Waals surface area contributed by atoms with Gasteiger partial charge in [0.1, 0.15) is 9.09 Å². The molecular weight excluding hydrogens is 332 g/mol. The molecule has 21 heavy (non-hydrogen) atoms. The maximum Gasteiger partial charge on any atom is 0.265 e. The lowest BCUT2D eigenvalue weighted by atomic mass is 10.2. The lowest BCUT2D eigenvalue weighted by molar-refractivity contribution is 0.0954. The summed E-state index contributed by atoms with van der Waals surface area (Å²) in [6, 6.07) is 3.06. The zero-order chi connectivity index (χ0) is 15.5. The second kappa shape index (κ2) is 6.60. The van der Waals surface area contributed by atoms with Crippen LogP contribution in [0.5, 0.6) is 0 Å². The summed E-state index contributed by atoms with van der Waals surface area (Å²) in [5, 5.41) is 11.7. The number of hydrogen-bond acceptors (Lipinski definition) is 7. The molecule has 0 aliphatic rings. The molecule has 2 aromatic heterocycles. The van der Waals surface area contributed by atoms with Crippen molar-refractivity contribution >= 4 is 38.8 Å². The molecule has 0 aliphatic carbocycles. The average Bonchev–Trinajstić information content (AvgIpc) is 3.04. The summed E-state index contributed by atoms with van der Waals surface area (Å²) in [6.07, 6.45) is 1.59. The van der Waals surface area contributed by atoms with E-state index in [1.54, 1.807) is 6.07 Å². The van der Waals surface area contributed by atoms with Gasteiger partial charge in [0.2, 0.25) is 10.0 Å². The van der Waals surface area contributed by atoms with E-state index in [0.717, 1.165) is 29.3 Å². The molecule has 0 saturated carbocycles. The molecule has 1 amide bonds. The molecule has 0 saturated heterocycles. The van der Waals surface area contributed by atoms with Crippen molar-refractivity contribution < 1.29 is 13.2 Å². The number of carbonyl (C=O) groups is 1. The van der Waals surface area contributed by atoms with E-state index >= 15 is 0 Å². The number of thiophene rings is 1. The van der Waals surface area contributed by atoms with Gasteiger partial charge >= 0.3 is 0 Å². The van der Waals surface area contributed by atoms with Crippen molar-refractivity contribution in [3.63, 3.8) is 0 Å². The Bertz CT molecular complexity index is 735. The van der Waals surface area contributed by atoms with Crippen LogP contribution in [0.3, 0.4) is 0 Å². The summed E-state index contributed by atoms with van der Waals surface area (Å²) in [5.41, 5.74) is 0.691. The number of primary sulfonamides is 1. The molecule has 0 aliphatic heterocycles. The minimum Gasteiger partial charge on any atom is -0.346 e. The van der Waals surface area contributed by atoms with Crippen LogP contribution in [-0.4, -0.2) is 23.9 Å². The van der Waals surface area contributed by atoms with Crippen molar-refractivity contribution in [3.8, 4) is 0 Å². The predicted octanol–water partition coefficient (Wildman–Crippen LogP) is 1.13. The Morgan fingerprint density at radius 3 is 2.81 bits per heavy atom. The first-order valence-corrected chi connectivity index (χ1v) is 9.26. The van der Waals surface area contributed by atoms with Gasteiger partial charge in [-0.2, -0.15) is 0 Å². The number of nitrogens with one attached hydrogen (secondary N) is 1. The van der Waals surface area contributed by atoms with Gasteiger partial charge in [-0.15, -0.1) is 16.4 Å². The number of hydrogen-bond donors (Lipinski definition) is 2. The van der Waals surface area contributed by atoms with E-state index in [-0.39, 0.29) is 16.7 Å². The summed E-state index contributed by atoms with van der Waals surface area (Å²) >= 11 is 2.09. The first-order valence-electron chi connectivity index (χ1n) is 6.12. The third-order valence-corrected chi connectivity index (χ3v) is 5.88. The van der Waals surface area contributed by atoms with Gasteiger partial charge in [0.05, 0.1) is 12.2 Å². The Morgan fingerprint density at radius 2 is 2.19 bits per heavy atom. The standard InChI is InChI=1S/C11H14N4O3S3/c1-2-3-8-10(20-15-14-8)11(16)13-6-7-4-5-9(19-7)21(12,17)18/h4-5H,2-3,6H2,1H3,(H,13,16)(H2,12,17,18). The van der Waals surface area contributed by atoms with Crippen LogP contribution in [0.1, 0.15) is 33.6 Å². The first-order chi connectivity index (χ1) is 9.91. The molecule has 0 spiro atoms. The topological polar surface area (TPSA) is 115 Å². The highest BCUT2D eigenvalue weighted by atomic mass is 32.2. The van der Waals surface area contributed by atoms with Crippen LogP contribution in [0, 0.1) is 0 Å². The number of amides is 1. The zero-order valence-electron chi connectivity index (χ0n) is 11.2. The molecule has 2 heterocycles. The fourth-order valence-corrected chi connectivity index (χ4v) is 3.98. The van der Waals surface area contributed by atoms with E-state index in [1.807, 2.05) is 6.92 Å². The second-order valence-corrected chi connectivity index (χ2v) is 7.96. The number of carbonyl (C=O) groups excluding carboxylic acids is 1. The highest BCUT2D eigenvalue weighted by Crippen LogP contribution is 2.20. The van der Waals surface area contributed by atoms with Crippen molar-refractivity contribution in [2.24, 2.45) is 5.14 Å². The summed E-state index contributed by atoms with van der Waals surface area (Å²) in [6.45, 7) is 2.24. The highest BCUT2D eigenvalue weighted by molar-refractivity contribution is 7.91. The third kappa shape index (κ3) is 4.06. The minimum absolute atomic E-state index is 0.0814. The number of aryl methyl sites for hydroxylation is 1. The summed E-state index contributed by atoms with van der Waals surface area (Å²) < 4.78 is 26.2. The molecule has 0 radical (unpaired) electrons. The van der Waals surface area contributed by atoms with Gasteiger partial charge in [0.15, 0.2) is 0 Å². The van der Waals surface area contributed by atoms with E-state index in [9.17, 15) is 13.2 Å².